The predicted octanol–water partition coefficient (Wildman–Crippen LogP) is 2.08. The van der Waals surface area contributed by atoms with Crippen molar-refractivity contribution in [3.8, 4) is 16.3 Å². The average Bonchev–Trinajstić information content (AvgIpc) is 3.27. The lowest BCUT2D eigenvalue weighted by molar-refractivity contribution is -0.138. The third kappa shape index (κ3) is 3.85. The monoisotopic (exact) mass is 485 g/mol. The Labute approximate surface area is 199 Å². The fourth-order valence-corrected chi connectivity index (χ4v) is 5.02. The SMILES string of the molecule is CCN1C[C@](C)(C(=O)N(C)C)n2cc(-c3nnc(Cc4ccc(F)cc4)s3)c(=O)c(O)c2C1=O. The number of benzene rings is 1. The molecule has 0 aliphatic carbocycles. The largest absolute Gasteiger partial charge is 0.503 e. The van der Waals surface area contributed by atoms with Crippen LogP contribution in [0.3, 0.4) is 0 Å². The van der Waals surface area contributed by atoms with E-state index >= 15 is 0 Å². The van der Waals surface area contributed by atoms with Crippen molar-refractivity contribution in [3.05, 3.63) is 62.8 Å². The second kappa shape index (κ2) is 8.64. The maximum atomic E-state index is 13.2. The molecule has 1 aliphatic rings. The molecular formula is C23H24FN5O4S. The molecule has 3 heterocycles. The van der Waals surface area contributed by atoms with Crippen molar-refractivity contribution < 1.29 is 19.1 Å². The number of likely N-dealkylation sites (N-methyl/N-ethyl adjacent to an activating group) is 2. The maximum Gasteiger partial charge on any atom is 0.274 e. The fraction of sp³-hybridized carbons (Fsp3) is 0.348. The zero-order valence-corrected chi connectivity index (χ0v) is 20.0. The van der Waals surface area contributed by atoms with Crippen LogP contribution in [0, 0.1) is 5.82 Å². The topological polar surface area (TPSA) is 109 Å². The van der Waals surface area contributed by atoms with Gasteiger partial charge >= 0.3 is 0 Å². The van der Waals surface area contributed by atoms with Gasteiger partial charge < -0.3 is 19.5 Å². The van der Waals surface area contributed by atoms with Crippen LogP contribution in [-0.2, 0) is 16.8 Å². The number of rotatable bonds is 5. The highest BCUT2D eigenvalue weighted by atomic mass is 32.1. The quantitative estimate of drug-likeness (QED) is 0.593. The lowest BCUT2D eigenvalue weighted by Gasteiger charge is -2.43. The molecule has 1 atom stereocenters. The van der Waals surface area contributed by atoms with Gasteiger partial charge in [-0.3, -0.25) is 14.4 Å². The highest BCUT2D eigenvalue weighted by molar-refractivity contribution is 7.14. The van der Waals surface area contributed by atoms with Crippen LogP contribution >= 0.6 is 11.3 Å². The molecule has 4 rings (SSSR count). The second-order valence-corrected chi connectivity index (χ2v) is 9.60. The van der Waals surface area contributed by atoms with Crippen LogP contribution in [0.1, 0.15) is 34.9 Å². The van der Waals surface area contributed by atoms with E-state index in [1.165, 1.54) is 32.7 Å². The first-order chi connectivity index (χ1) is 16.1. The number of hydrogen-bond acceptors (Lipinski definition) is 7. The first kappa shape index (κ1) is 23.6. The van der Waals surface area contributed by atoms with Crippen LogP contribution in [0.2, 0.25) is 0 Å². The van der Waals surface area contributed by atoms with Gasteiger partial charge in [0, 0.05) is 33.3 Å². The van der Waals surface area contributed by atoms with E-state index in [0.717, 1.165) is 16.9 Å². The van der Waals surface area contributed by atoms with Crippen molar-refractivity contribution in [2.24, 2.45) is 0 Å². The van der Waals surface area contributed by atoms with Crippen LogP contribution in [0.4, 0.5) is 4.39 Å². The number of amides is 2. The van der Waals surface area contributed by atoms with Crippen molar-refractivity contribution in [3.63, 3.8) is 0 Å². The molecular weight excluding hydrogens is 461 g/mol. The Bertz CT molecular complexity index is 1330. The highest BCUT2D eigenvalue weighted by Crippen LogP contribution is 2.34. The number of halogens is 1. The molecule has 3 aromatic rings. The molecule has 2 aromatic heterocycles. The number of pyridine rings is 1. The molecule has 11 heteroatoms. The normalized spacial score (nSPS) is 17.6. The summed E-state index contributed by atoms with van der Waals surface area (Å²) in [5, 5.41) is 19.9. The van der Waals surface area contributed by atoms with Gasteiger partial charge in [-0.2, -0.15) is 0 Å². The molecule has 0 saturated heterocycles. The van der Waals surface area contributed by atoms with Crippen molar-refractivity contribution in [2.45, 2.75) is 25.8 Å². The van der Waals surface area contributed by atoms with Crippen LogP contribution in [0.5, 0.6) is 5.75 Å². The summed E-state index contributed by atoms with van der Waals surface area (Å²) in [5.41, 5.74) is -1.37. The van der Waals surface area contributed by atoms with E-state index < -0.39 is 22.6 Å². The highest BCUT2D eigenvalue weighted by Gasteiger charge is 2.46. The Kier molecular flexibility index (Phi) is 5.98. The molecule has 9 nitrogen and oxygen atoms in total. The van der Waals surface area contributed by atoms with Crippen LogP contribution in [0.15, 0.2) is 35.3 Å². The summed E-state index contributed by atoms with van der Waals surface area (Å²) < 4.78 is 14.6. The minimum atomic E-state index is -1.25. The first-order valence-corrected chi connectivity index (χ1v) is 11.5. The van der Waals surface area contributed by atoms with Crippen molar-refractivity contribution in [1.82, 2.24) is 24.6 Å². The Morgan fingerprint density at radius 1 is 1.24 bits per heavy atom. The minimum Gasteiger partial charge on any atom is -0.503 e. The summed E-state index contributed by atoms with van der Waals surface area (Å²) in [5.74, 6) is -1.88. The van der Waals surface area contributed by atoms with Gasteiger partial charge in [-0.25, -0.2) is 4.39 Å². The van der Waals surface area contributed by atoms with E-state index in [2.05, 4.69) is 10.2 Å². The number of hydrogen-bond donors (Lipinski definition) is 1. The molecule has 2 amide bonds. The molecule has 0 unspecified atom stereocenters. The van der Waals surface area contributed by atoms with Crippen molar-refractivity contribution >= 4 is 23.2 Å². The number of fused-ring (bicyclic) bond motifs is 1. The summed E-state index contributed by atoms with van der Waals surface area (Å²) in [6, 6.07) is 5.98. The summed E-state index contributed by atoms with van der Waals surface area (Å²) in [6.07, 6.45) is 1.79. The van der Waals surface area contributed by atoms with Gasteiger partial charge in [0.2, 0.25) is 11.3 Å². The number of nitrogens with zero attached hydrogens (tertiary/aromatic N) is 5. The molecule has 34 heavy (non-hydrogen) atoms. The Morgan fingerprint density at radius 3 is 2.53 bits per heavy atom. The molecule has 1 aliphatic heterocycles. The third-order valence-electron chi connectivity index (χ3n) is 5.92. The number of aromatic nitrogens is 3. The number of aromatic hydroxyl groups is 1. The van der Waals surface area contributed by atoms with E-state index in [1.54, 1.807) is 40.1 Å². The van der Waals surface area contributed by atoms with E-state index in [1.807, 2.05) is 0 Å². The van der Waals surface area contributed by atoms with Crippen LogP contribution in [-0.4, -0.2) is 68.7 Å². The third-order valence-corrected chi connectivity index (χ3v) is 6.87. The number of carbonyl (C=O) groups excluding carboxylic acids is 2. The lowest BCUT2D eigenvalue weighted by Crippen LogP contribution is -2.59. The standard InChI is InChI=1S/C23H24FN5O4S/c1-5-28-12-23(2,22(33)27(3)4)29-11-15(18(30)19(31)17(29)21(28)32)20-26-25-16(34-20)10-13-6-8-14(24)9-7-13/h6-9,11,31H,5,10,12H2,1-4H3/t23-/m1/s1. The van der Waals surface area contributed by atoms with Crippen molar-refractivity contribution in [2.75, 3.05) is 27.2 Å². The molecule has 0 saturated carbocycles. The lowest BCUT2D eigenvalue weighted by atomic mass is 9.94. The molecule has 0 spiro atoms. The molecule has 178 valence electrons. The molecule has 0 bridgehead atoms. The van der Waals surface area contributed by atoms with Gasteiger partial charge in [0.15, 0.2) is 16.5 Å². The van der Waals surface area contributed by atoms with Gasteiger partial charge in [-0.1, -0.05) is 23.5 Å². The van der Waals surface area contributed by atoms with Gasteiger partial charge in [0.25, 0.3) is 5.91 Å². The van der Waals surface area contributed by atoms with E-state index in [0.29, 0.717) is 18.0 Å². The summed E-state index contributed by atoms with van der Waals surface area (Å²) in [4.78, 5) is 42.1. The van der Waals surface area contributed by atoms with Crippen LogP contribution in [0.25, 0.3) is 10.6 Å². The molecule has 1 aromatic carbocycles. The second-order valence-electron chi connectivity index (χ2n) is 8.54. The van der Waals surface area contributed by atoms with E-state index in [-0.39, 0.29) is 34.5 Å². The molecule has 1 N–H and O–H groups in total. The molecule has 0 fully saturated rings. The fourth-order valence-electron chi connectivity index (χ4n) is 4.14. The predicted molar refractivity (Wildman–Crippen MR) is 124 cm³/mol. The van der Waals surface area contributed by atoms with Crippen molar-refractivity contribution in [1.29, 1.82) is 0 Å². The Morgan fingerprint density at radius 2 is 1.91 bits per heavy atom. The summed E-state index contributed by atoms with van der Waals surface area (Å²) >= 11 is 1.15. The smallest absolute Gasteiger partial charge is 0.274 e. The van der Waals surface area contributed by atoms with Gasteiger partial charge in [-0.05, 0) is 31.5 Å². The molecule has 0 radical (unpaired) electrons. The van der Waals surface area contributed by atoms with Crippen LogP contribution < -0.4 is 5.43 Å². The zero-order chi connectivity index (χ0) is 24.8. The zero-order valence-electron chi connectivity index (χ0n) is 19.2. The van der Waals surface area contributed by atoms with Gasteiger partial charge in [0.1, 0.15) is 16.4 Å². The Balaban J connectivity index is 1.83. The Hall–Kier alpha value is -3.60. The number of carbonyl (C=O) groups is 2. The van der Waals surface area contributed by atoms with E-state index in [4.69, 9.17) is 0 Å². The summed E-state index contributed by atoms with van der Waals surface area (Å²) in [6.45, 7) is 3.83. The maximum absolute atomic E-state index is 13.2. The average molecular weight is 486 g/mol. The van der Waals surface area contributed by atoms with Gasteiger partial charge in [0.05, 0.1) is 12.1 Å². The van der Waals surface area contributed by atoms with E-state index in [9.17, 15) is 23.9 Å². The summed E-state index contributed by atoms with van der Waals surface area (Å²) in [7, 11) is 3.21. The minimum absolute atomic E-state index is 0.0413. The first-order valence-electron chi connectivity index (χ1n) is 10.6. The van der Waals surface area contributed by atoms with Gasteiger partial charge in [-0.15, -0.1) is 10.2 Å².